The van der Waals surface area contributed by atoms with Gasteiger partial charge in [0.1, 0.15) is 0 Å². The summed E-state index contributed by atoms with van der Waals surface area (Å²) in [6, 6.07) is 0. The Labute approximate surface area is 50.5 Å². The van der Waals surface area contributed by atoms with Gasteiger partial charge in [-0.05, 0) is 0 Å². The van der Waals surface area contributed by atoms with Crippen molar-refractivity contribution in [2.75, 3.05) is 0 Å². The molecule has 0 rings (SSSR count). The van der Waals surface area contributed by atoms with Gasteiger partial charge >= 0.3 is 17.1 Å². The first-order valence-electron chi connectivity index (χ1n) is 0.548. The molecule has 0 unspecified atom stereocenters. The Morgan fingerprint density at radius 1 is 1.33 bits per heavy atom. The van der Waals surface area contributed by atoms with Crippen molar-refractivity contribution in [1.29, 1.82) is 0 Å². The summed E-state index contributed by atoms with van der Waals surface area (Å²) in [5.41, 5.74) is 0. The van der Waals surface area contributed by atoms with Gasteiger partial charge in [0.2, 0.25) is 0 Å². The van der Waals surface area contributed by atoms with Gasteiger partial charge < -0.3 is 27.7 Å². The first-order valence-corrected chi connectivity index (χ1v) is 0.548. The molecule has 1 radical (unpaired) electrons. The van der Waals surface area contributed by atoms with E-state index in [1.807, 2.05) is 0 Å². The molecule has 0 aromatic rings. The minimum Gasteiger partial charge on any atom is -1.00 e. The Kier molecular flexibility index (Phi) is 24.7. The molecular weight excluding hydrogens is 161 g/mol. The Hall–Kier alpha value is 0.00948. The van der Waals surface area contributed by atoms with Crippen molar-refractivity contribution in [3.05, 3.63) is 15.3 Å². The topological polar surface area (TPSA) is 66.2 Å². The standard InChI is InChI=1S/ClH.Cu.NO3/c;;2-1(3)4/h1H;;/q;+2;-1/p-1. The monoisotopic (exact) mass is 160 g/mol. The summed E-state index contributed by atoms with van der Waals surface area (Å²) in [6.07, 6.45) is 0. The van der Waals surface area contributed by atoms with Gasteiger partial charge in [-0.1, -0.05) is 0 Å². The molecule has 6 heavy (non-hydrogen) atoms. The van der Waals surface area contributed by atoms with Crippen molar-refractivity contribution < 1.29 is 34.6 Å². The molecule has 0 heterocycles. The van der Waals surface area contributed by atoms with E-state index in [1.54, 1.807) is 0 Å². The summed E-state index contributed by atoms with van der Waals surface area (Å²) in [5, 5.41) is 14.8. The second kappa shape index (κ2) is 8.89. The smallest absolute Gasteiger partial charge is 1.00 e. The quantitative estimate of drug-likeness (QED) is 0.213. The van der Waals surface area contributed by atoms with Crippen LogP contribution in [-0.4, -0.2) is 5.09 Å². The van der Waals surface area contributed by atoms with E-state index < -0.39 is 5.09 Å². The Balaban J connectivity index is -0.0000000450. The SMILES string of the molecule is O=[N+]([O-])[O-].[Cl-].[Cu+2]. The minimum atomic E-state index is -1.75. The molecule has 0 amide bonds. The average molecular weight is 161 g/mol. The normalized spacial score (nSPS) is 4.00. The molecule has 0 aromatic heterocycles. The van der Waals surface area contributed by atoms with Gasteiger partial charge in [-0.2, -0.15) is 0 Å². The van der Waals surface area contributed by atoms with Crippen LogP contribution in [0.5, 0.6) is 0 Å². The molecular formula is ClCuNO3. The van der Waals surface area contributed by atoms with Gasteiger partial charge in [-0.25, -0.2) is 0 Å². The molecule has 0 spiro atoms. The van der Waals surface area contributed by atoms with Crippen molar-refractivity contribution in [2.45, 2.75) is 0 Å². The molecule has 0 saturated carbocycles. The van der Waals surface area contributed by atoms with E-state index in [-0.39, 0.29) is 29.5 Å². The van der Waals surface area contributed by atoms with Crippen molar-refractivity contribution in [3.63, 3.8) is 0 Å². The second-order valence-electron chi connectivity index (χ2n) is 0.224. The van der Waals surface area contributed by atoms with Crippen LogP contribution in [0.25, 0.3) is 0 Å². The maximum atomic E-state index is 8.25. The molecule has 41 valence electrons. The fraction of sp³-hybridized carbons (Fsp3) is 0. The summed E-state index contributed by atoms with van der Waals surface area (Å²) >= 11 is 0. The van der Waals surface area contributed by atoms with Crippen LogP contribution in [0.4, 0.5) is 0 Å². The fourth-order valence-corrected chi connectivity index (χ4v) is 0. The Morgan fingerprint density at radius 2 is 1.33 bits per heavy atom. The molecule has 0 aliphatic heterocycles. The molecule has 0 atom stereocenters. The molecule has 0 fully saturated rings. The molecule has 4 nitrogen and oxygen atoms in total. The van der Waals surface area contributed by atoms with E-state index in [1.165, 1.54) is 0 Å². The predicted octanol–water partition coefficient (Wildman–Crippen LogP) is -3.24. The zero-order chi connectivity index (χ0) is 3.58. The summed E-state index contributed by atoms with van der Waals surface area (Å²) in [6.45, 7) is 0. The first kappa shape index (κ1) is 16.7. The van der Waals surface area contributed by atoms with Crippen LogP contribution in [-0.2, 0) is 17.1 Å². The minimum absolute atomic E-state index is 0. The fourth-order valence-electron chi connectivity index (χ4n) is 0. The molecule has 6 heteroatoms. The maximum absolute atomic E-state index is 8.25. The third-order valence-electron chi connectivity index (χ3n) is 0. The van der Waals surface area contributed by atoms with Crippen LogP contribution in [0.1, 0.15) is 0 Å². The average Bonchev–Trinajstić information content (AvgIpc) is 0.811. The Morgan fingerprint density at radius 3 is 1.33 bits per heavy atom. The van der Waals surface area contributed by atoms with Crippen molar-refractivity contribution in [1.82, 2.24) is 0 Å². The van der Waals surface area contributed by atoms with Crippen molar-refractivity contribution in [3.8, 4) is 0 Å². The molecule has 0 aliphatic rings. The van der Waals surface area contributed by atoms with Crippen LogP contribution in [0, 0.1) is 15.3 Å². The summed E-state index contributed by atoms with van der Waals surface area (Å²) in [5.74, 6) is 0. The Bertz CT molecular complexity index is 33.8. The predicted molar refractivity (Wildman–Crippen MR) is 10.4 cm³/mol. The molecule has 0 aliphatic carbocycles. The van der Waals surface area contributed by atoms with Crippen LogP contribution < -0.4 is 12.4 Å². The van der Waals surface area contributed by atoms with E-state index >= 15 is 0 Å². The van der Waals surface area contributed by atoms with Crippen LogP contribution in [0.2, 0.25) is 0 Å². The van der Waals surface area contributed by atoms with Crippen LogP contribution in [0.15, 0.2) is 0 Å². The molecule has 0 bridgehead atoms. The summed E-state index contributed by atoms with van der Waals surface area (Å²) in [4.78, 5) is 8.25. The van der Waals surface area contributed by atoms with Crippen LogP contribution >= 0.6 is 0 Å². The van der Waals surface area contributed by atoms with Gasteiger partial charge in [0, 0.05) is 0 Å². The number of hydrogen-bond acceptors (Lipinski definition) is 3. The summed E-state index contributed by atoms with van der Waals surface area (Å²) < 4.78 is 0. The maximum Gasteiger partial charge on any atom is 2.00 e. The first-order chi connectivity index (χ1) is 1.73. The second-order valence-corrected chi connectivity index (χ2v) is 0.224. The largest absolute Gasteiger partial charge is 2.00 e. The third kappa shape index (κ3) is 404000. The van der Waals surface area contributed by atoms with E-state index in [4.69, 9.17) is 15.3 Å². The van der Waals surface area contributed by atoms with Gasteiger partial charge in [0.15, 0.2) is 0 Å². The summed E-state index contributed by atoms with van der Waals surface area (Å²) in [7, 11) is 0. The number of rotatable bonds is 0. The zero-order valence-corrected chi connectivity index (χ0v) is 4.05. The number of hydrogen-bond donors (Lipinski definition) is 0. The van der Waals surface area contributed by atoms with E-state index in [2.05, 4.69) is 0 Å². The van der Waals surface area contributed by atoms with Crippen molar-refractivity contribution in [2.24, 2.45) is 0 Å². The van der Waals surface area contributed by atoms with E-state index in [0.29, 0.717) is 0 Å². The number of nitrogens with zero attached hydrogens (tertiary/aromatic N) is 1. The number of halogens is 1. The molecule has 0 N–H and O–H groups in total. The molecule has 0 aromatic carbocycles. The van der Waals surface area contributed by atoms with Crippen molar-refractivity contribution >= 4 is 0 Å². The van der Waals surface area contributed by atoms with E-state index in [0.717, 1.165) is 0 Å². The van der Waals surface area contributed by atoms with Gasteiger partial charge in [0.25, 0.3) is 0 Å². The van der Waals surface area contributed by atoms with Gasteiger partial charge in [-0.3, -0.25) is 0 Å². The molecule has 0 saturated heterocycles. The van der Waals surface area contributed by atoms with Crippen LogP contribution in [0.3, 0.4) is 0 Å². The van der Waals surface area contributed by atoms with Gasteiger partial charge in [0.05, 0.1) is 5.09 Å². The van der Waals surface area contributed by atoms with E-state index in [9.17, 15) is 0 Å². The zero-order valence-electron chi connectivity index (χ0n) is 2.35. The van der Waals surface area contributed by atoms with Gasteiger partial charge in [-0.15, -0.1) is 0 Å². The third-order valence-corrected chi connectivity index (χ3v) is 0.